The number of hydrazine groups is 1. The van der Waals surface area contributed by atoms with Crippen molar-refractivity contribution in [3.63, 3.8) is 0 Å². The third kappa shape index (κ3) is 2.94. The van der Waals surface area contributed by atoms with Crippen LogP contribution in [0.15, 0.2) is 29.0 Å². The Labute approximate surface area is 119 Å². The third-order valence-corrected chi connectivity index (χ3v) is 3.46. The molecule has 7 heteroatoms. The fourth-order valence-corrected chi connectivity index (χ4v) is 1.86. The first kappa shape index (κ1) is 13.6. The number of nitrogens with two attached hydrogens (primary N) is 1. The predicted molar refractivity (Wildman–Crippen MR) is 78.6 cm³/mol. The number of nitrogen functional groups attached to an aromatic ring is 1. The van der Waals surface area contributed by atoms with E-state index in [1.54, 1.807) is 0 Å². The number of rotatable bonds is 4. The van der Waals surface area contributed by atoms with E-state index in [0.29, 0.717) is 17.4 Å². The van der Waals surface area contributed by atoms with E-state index >= 15 is 0 Å². The highest BCUT2D eigenvalue weighted by Crippen LogP contribution is 2.31. The zero-order valence-electron chi connectivity index (χ0n) is 10.6. The number of hydrogen-bond donors (Lipinski definition) is 3. The minimum Gasteiger partial charge on any atom is -0.490 e. The summed E-state index contributed by atoms with van der Waals surface area (Å²) in [4.78, 5) is 8.13. The van der Waals surface area contributed by atoms with Crippen molar-refractivity contribution < 1.29 is 4.74 Å². The SMILES string of the molecule is COc1c(NN)ncnc1Nc1ccc(Br)c(C)c1. The zero-order valence-corrected chi connectivity index (χ0v) is 12.2. The van der Waals surface area contributed by atoms with Crippen LogP contribution in [0, 0.1) is 6.92 Å². The van der Waals surface area contributed by atoms with Crippen molar-refractivity contribution in [2.75, 3.05) is 17.9 Å². The standard InChI is InChI=1S/C12H14BrN5O/c1-7-5-8(3-4-9(7)13)17-11-10(19-2)12(18-14)16-6-15-11/h3-6H,14H2,1-2H3,(H2,15,16,17,18). The Morgan fingerprint density at radius 1 is 1.26 bits per heavy atom. The summed E-state index contributed by atoms with van der Waals surface area (Å²) in [6.45, 7) is 2.01. The molecule has 0 aliphatic heterocycles. The van der Waals surface area contributed by atoms with Crippen LogP contribution in [0.25, 0.3) is 0 Å². The second-order valence-electron chi connectivity index (χ2n) is 3.84. The molecule has 2 aromatic rings. The molecule has 100 valence electrons. The molecule has 1 aromatic carbocycles. The molecule has 0 unspecified atom stereocenters. The summed E-state index contributed by atoms with van der Waals surface area (Å²) in [5.41, 5.74) is 4.49. The molecular weight excluding hydrogens is 310 g/mol. The fraction of sp³-hybridized carbons (Fsp3) is 0.167. The summed E-state index contributed by atoms with van der Waals surface area (Å²) in [5, 5.41) is 3.17. The van der Waals surface area contributed by atoms with E-state index in [1.807, 2.05) is 25.1 Å². The second-order valence-corrected chi connectivity index (χ2v) is 4.69. The van der Waals surface area contributed by atoms with Crippen molar-refractivity contribution in [3.8, 4) is 5.75 Å². The van der Waals surface area contributed by atoms with Gasteiger partial charge in [-0.05, 0) is 30.7 Å². The Kier molecular flexibility index (Phi) is 4.18. The van der Waals surface area contributed by atoms with Gasteiger partial charge in [-0.25, -0.2) is 15.8 Å². The van der Waals surface area contributed by atoms with Crippen molar-refractivity contribution in [2.24, 2.45) is 5.84 Å². The number of aromatic nitrogens is 2. The number of aryl methyl sites for hydroxylation is 1. The monoisotopic (exact) mass is 323 g/mol. The smallest absolute Gasteiger partial charge is 0.205 e. The summed E-state index contributed by atoms with van der Waals surface area (Å²) < 4.78 is 6.31. The van der Waals surface area contributed by atoms with Crippen molar-refractivity contribution in [3.05, 3.63) is 34.6 Å². The van der Waals surface area contributed by atoms with Gasteiger partial charge >= 0.3 is 0 Å². The molecule has 0 radical (unpaired) electrons. The number of hydrogen-bond acceptors (Lipinski definition) is 6. The van der Waals surface area contributed by atoms with E-state index in [1.165, 1.54) is 13.4 Å². The van der Waals surface area contributed by atoms with Crippen LogP contribution in [0.5, 0.6) is 5.75 Å². The van der Waals surface area contributed by atoms with Gasteiger partial charge in [0.1, 0.15) is 6.33 Å². The maximum absolute atomic E-state index is 5.38. The summed E-state index contributed by atoms with van der Waals surface area (Å²) in [6.07, 6.45) is 1.41. The molecule has 0 saturated carbocycles. The lowest BCUT2D eigenvalue weighted by Crippen LogP contribution is -2.11. The largest absolute Gasteiger partial charge is 0.490 e. The molecule has 1 heterocycles. The van der Waals surface area contributed by atoms with Crippen LogP contribution in [-0.2, 0) is 0 Å². The number of nitrogens with one attached hydrogen (secondary N) is 2. The molecular formula is C12H14BrN5O. The average molecular weight is 324 g/mol. The van der Waals surface area contributed by atoms with E-state index in [-0.39, 0.29) is 0 Å². The summed E-state index contributed by atoms with van der Waals surface area (Å²) in [5.74, 6) is 6.81. The third-order valence-electron chi connectivity index (χ3n) is 2.57. The molecule has 4 N–H and O–H groups in total. The molecule has 0 spiro atoms. The second kappa shape index (κ2) is 5.85. The first-order valence-corrected chi connectivity index (χ1v) is 6.33. The highest BCUT2D eigenvalue weighted by Gasteiger charge is 2.11. The van der Waals surface area contributed by atoms with Gasteiger partial charge in [0.25, 0.3) is 0 Å². The van der Waals surface area contributed by atoms with Crippen molar-refractivity contribution in [1.82, 2.24) is 9.97 Å². The number of nitrogens with zero attached hydrogens (tertiary/aromatic N) is 2. The van der Waals surface area contributed by atoms with Crippen LogP contribution < -0.4 is 21.3 Å². The van der Waals surface area contributed by atoms with Gasteiger partial charge in [0, 0.05) is 10.2 Å². The van der Waals surface area contributed by atoms with Crippen LogP contribution in [0.3, 0.4) is 0 Å². The molecule has 6 nitrogen and oxygen atoms in total. The van der Waals surface area contributed by atoms with Crippen LogP contribution in [-0.4, -0.2) is 17.1 Å². The fourth-order valence-electron chi connectivity index (χ4n) is 1.62. The average Bonchev–Trinajstić information content (AvgIpc) is 2.42. The first-order chi connectivity index (χ1) is 9.15. The van der Waals surface area contributed by atoms with Crippen molar-refractivity contribution in [1.29, 1.82) is 0 Å². The maximum Gasteiger partial charge on any atom is 0.205 e. The van der Waals surface area contributed by atoms with Crippen LogP contribution >= 0.6 is 15.9 Å². The van der Waals surface area contributed by atoms with Crippen LogP contribution in [0.4, 0.5) is 17.3 Å². The Bertz CT molecular complexity index is 590. The van der Waals surface area contributed by atoms with Crippen molar-refractivity contribution >= 4 is 33.3 Å². The summed E-state index contributed by atoms with van der Waals surface area (Å²) >= 11 is 3.46. The van der Waals surface area contributed by atoms with Crippen LogP contribution in [0.1, 0.15) is 5.56 Å². The lowest BCUT2D eigenvalue weighted by Gasteiger charge is -2.13. The van der Waals surface area contributed by atoms with Gasteiger partial charge in [-0.1, -0.05) is 15.9 Å². The molecule has 2 rings (SSSR count). The quantitative estimate of drug-likeness (QED) is 0.592. The Balaban J connectivity index is 2.35. The molecule has 0 fully saturated rings. The van der Waals surface area contributed by atoms with Crippen LogP contribution in [0.2, 0.25) is 0 Å². The lowest BCUT2D eigenvalue weighted by molar-refractivity contribution is 0.415. The van der Waals surface area contributed by atoms with E-state index in [4.69, 9.17) is 10.6 Å². The minimum absolute atomic E-state index is 0.425. The van der Waals surface area contributed by atoms with Gasteiger partial charge in [0.2, 0.25) is 5.75 Å². The molecule has 0 saturated heterocycles. The molecule has 0 aliphatic rings. The van der Waals surface area contributed by atoms with Gasteiger partial charge in [-0.15, -0.1) is 0 Å². The molecule has 0 bridgehead atoms. The van der Waals surface area contributed by atoms with Gasteiger partial charge in [0.05, 0.1) is 7.11 Å². The topological polar surface area (TPSA) is 85.1 Å². The Morgan fingerprint density at radius 2 is 2.00 bits per heavy atom. The maximum atomic E-state index is 5.38. The highest BCUT2D eigenvalue weighted by molar-refractivity contribution is 9.10. The normalized spacial score (nSPS) is 10.1. The van der Waals surface area contributed by atoms with E-state index < -0.39 is 0 Å². The Hall–Kier alpha value is -1.86. The van der Waals surface area contributed by atoms with E-state index in [9.17, 15) is 0 Å². The molecule has 0 aliphatic carbocycles. The number of ether oxygens (including phenoxy) is 1. The Morgan fingerprint density at radius 3 is 2.63 bits per heavy atom. The summed E-state index contributed by atoms with van der Waals surface area (Å²) in [7, 11) is 1.54. The van der Waals surface area contributed by atoms with Gasteiger partial charge in [-0.2, -0.15) is 0 Å². The number of anilines is 3. The highest BCUT2D eigenvalue weighted by atomic mass is 79.9. The molecule has 0 amide bonds. The number of methoxy groups -OCH3 is 1. The van der Waals surface area contributed by atoms with E-state index in [0.717, 1.165) is 15.7 Å². The minimum atomic E-state index is 0.425. The number of halogens is 1. The van der Waals surface area contributed by atoms with E-state index in [2.05, 4.69) is 36.6 Å². The molecule has 19 heavy (non-hydrogen) atoms. The molecule has 1 aromatic heterocycles. The first-order valence-electron chi connectivity index (χ1n) is 5.54. The predicted octanol–water partition coefficient (Wildman–Crippen LogP) is 2.59. The lowest BCUT2D eigenvalue weighted by atomic mass is 10.2. The van der Waals surface area contributed by atoms with Gasteiger partial charge in [-0.3, -0.25) is 0 Å². The molecule has 0 atom stereocenters. The summed E-state index contributed by atoms with van der Waals surface area (Å²) in [6, 6.07) is 5.91. The zero-order chi connectivity index (χ0) is 13.8. The number of benzene rings is 1. The van der Waals surface area contributed by atoms with Gasteiger partial charge in [0.15, 0.2) is 11.6 Å². The van der Waals surface area contributed by atoms with Crippen molar-refractivity contribution in [2.45, 2.75) is 6.92 Å². The van der Waals surface area contributed by atoms with Gasteiger partial charge < -0.3 is 15.5 Å².